The molecule has 0 saturated heterocycles. The van der Waals surface area contributed by atoms with E-state index >= 15 is 0 Å². The third kappa shape index (κ3) is 4.87. The smallest absolute Gasteiger partial charge is 0.305 e. The van der Waals surface area contributed by atoms with Gasteiger partial charge in [-0.15, -0.1) is 0 Å². The molecule has 3 nitrogen and oxygen atoms in total. The van der Waals surface area contributed by atoms with Crippen LogP contribution in [0.15, 0.2) is 18.2 Å². The first-order valence-electron chi connectivity index (χ1n) is 7.11. The van der Waals surface area contributed by atoms with E-state index in [-0.39, 0.29) is 17.5 Å². The minimum atomic E-state index is -0.193. The highest BCUT2D eigenvalue weighted by atomic mass is 16.5. The Morgan fingerprint density at radius 1 is 1.25 bits per heavy atom. The largest absolute Gasteiger partial charge is 0.491 e. The Morgan fingerprint density at radius 3 is 2.40 bits per heavy atom. The molecule has 0 amide bonds. The molecule has 0 atom stereocenters. The maximum absolute atomic E-state index is 11.3. The fourth-order valence-electron chi connectivity index (χ4n) is 1.95. The number of ether oxygens (including phenoxy) is 2. The lowest BCUT2D eigenvalue weighted by Gasteiger charge is -2.22. The molecule has 0 bridgehead atoms. The first kappa shape index (κ1) is 16.5. The zero-order valence-corrected chi connectivity index (χ0v) is 13.4. The maximum atomic E-state index is 11.3. The summed E-state index contributed by atoms with van der Waals surface area (Å²) in [6.45, 7) is 10.5. The van der Waals surface area contributed by atoms with Crippen molar-refractivity contribution in [1.29, 1.82) is 0 Å². The Balaban J connectivity index is 3.02. The Hall–Kier alpha value is -1.51. The van der Waals surface area contributed by atoms with Crippen molar-refractivity contribution < 1.29 is 14.3 Å². The molecule has 3 heteroatoms. The minimum Gasteiger partial charge on any atom is -0.491 e. The molecular formula is C17H26O3. The highest BCUT2D eigenvalue weighted by Gasteiger charge is 2.17. The van der Waals surface area contributed by atoms with Crippen molar-refractivity contribution in [3.63, 3.8) is 0 Å². The van der Waals surface area contributed by atoms with Crippen LogP contribution in [-0.2, 0) is 21.4 Å². The van der Waals surface area contributed by atoms with Crippen LogP contribution in [-0.4, -0.2) is 19.2 Å². The first-order valence-corrected chi connectivity index (χ1v) is 7.11. The van der Waals surface area contributed by atoms with Gasteiger partial charge in [0.1, 0.15) is 5.75 Å². The number of benzene rings is 1. The molecule has 0 radical (unpaired) electrons. The van der Waals surface area contributed by atoms with Gasteiger partial charge in [0.15, 0.2) is 0 Å². The number of hydrogen-bond acceptors (Lipinski definition) is 3. The standard InChI is InChI=1S/C17H26O3/c1-12(2)20-15-9-8-14(17(3,4)5)11-13(15)7-10-16(18)19-6/h8-9,11-12H,7,10H2,1-6H3. The number of carbonyl (C=O) groups excluding carboxylic acids is 1. The Labute approximate surface area is 122 Å². The van der Waals surface area contributed by atoms with Gasteiger partial charge in [0.05, 0.1) is 13.2 Å². The third-order valence-corrected chi connectivity index (χ3v) is 3.12. The second-order valence-corrected chi connectivity index (χ2v) is 6.32. The summed E-state index contributed by atoms with van der Waals surface area (Å²) in [6.07, 6.45) is 1.13. The summed E-state index contributed by atoms with van der Waals surface area (Å²) in [5.74, 6) is 0.665. The van der Waals surface area contributed by atoms with Crippen LogP contribution >= 0.6 is 0 Å². The van der Waals surface area contributed by atoms with Gasteiger partial charge in [0, 0.05) is 6.42 Å². The zero-order chi connectivity index (χ0) is 15.3. The zero-order valence-electron chi connectivity index (χ0n) is 13.4. The van der Waals surface area contributed by atoms with E-state index in [1.54, 1.807) is 0 Å². The van der Waals surface area contributed by atoms with E-state index in [0.717, 1.165) is 11.3 Å². The van der Waals surface area contributed by atoms with Crippen LogP contribution in [0, 0.1) is 0 Å². The Bertz CT molecular complexity index is 456. The lowest BCUT2D eigenvalue weighted by molar-refractivity contribution is -0.140. The molecule has 0 fully saturated rings. The van der Waals surface area contributed by atoms with Crippen LogP contribution in [0.25, 0.3) is 0 Å². The summed E-state index contributed by atoms with van der Waals surface area (Å²) in [4.78, 5) is 11.3. The van der Waals surface area contributed by atoms with E-state index < -0.39 is 0 Å². The predicted octanol–water partition coefficient (Wildman–Crippen LogP) is 3.88. The number of rotatable bonds is 5. The van der Waals surface area contributed by atoms with Crippen molar-refractivity contribution >= 4 is 5.97 Å². The topological polar surface area (TPSA) is 35.5 Å². The van der Waals surface area contributed by atoms with E-state index in [1.807, 2.05) is 19.9 Å². The van der Waals surface area contributed by atoms with Crippen LogP contribution in [0.2, 0.25) is 0 Å². The number of carbonyl (C=O) groups is 1. The van der Waals surface area contributed by atoms with Crippen LogP contribution < -0.4 is 4.74 Å². The summed E-state index contributed by atoms with van der Waals surface area (Å²) in [7, 11) is 1.42. The van der Waals surface area contributed by atoms with Crippen LogP contribution in [0.3, 0.4) is 0 Å². The molecule has 1 aromatic carbocycles. The molecule has 1 rings (SSSR count). The van der Waals surface area contributed by atoms with E-state index in [2.05, 4.69) is 32.9 Å². The number of hydrogen-bond donors (Lipinski definition) is 0. The normalized spacial score (nSPS) is 11.6. The van der Waals surface area contributed by atoms with Gasteiger partial charge in [0.2, 0.25) is 0 Å². The molecule has 0 spiro atoms. The predicted molar refractivity (Wildman–Crippen MR) is 81.2 cm³/mol. The van der Waals surface area contributed by atoms with E-state index in [4.69, 9.17) is 9.47 Å². The van der Waals surface area contributed by atoms with Crippen LogP contribution in [0.5, 0.6) is 5.75 Å². The van der Waals surface area contributed by atoms with Crippen molar-refractivity contribution in [3.8, 4) is 5.75 Å². The van der Waals surface area contributed by atoms with Crippen molar-refractivity contribution in [2.75, 3.05) is 7.11 Å². The lowest BCUT2D eigenvalue weighted by atomic mass is 9.85. The Kier molecular flexibility index (Phi) is 5.61. The monoisotopic (exact) mass is 278 g/mol. The fraction of sp³-hybridized carbons (Fsp3) is 0.588. The molecule has 1 aromatic rings. The molecule has 0 aliphatic heterocycles. The van der Waals surface area contributed by atoms with E-state index in [0.29, 0.717) is 12.8 Å². The molecule has 0 saturated carbocycles. The van der Waals surface area contributed by atoms with Gasteiger partial charge in [-0.2, -0.15) is 0 Å². The van der Waals surface area contributed by atoms with Crippen LogP contribution in [0.1, 0.15) is 52.2 Å². The van der Waals surface area contributed by atoms with Crippen molar-refractivity contribution in [1.82, 2.24) is 0 Å². The van der Waals surface area contributed by atoms with Gasteiger partial charge in [-0.1, -0.05) is 32.9 Å². The highest BCUT2D eigenvalue weighted by Crippen LogP contribution is 2.29. The third-order valence-electron chi connectivity index (χ3n) is 3.12. The molecule has 0 heterocycles. The second kappa shape index (κ2) is 6.78. The molecule has 0 unspecified atom stereocenters. The molecule has 0 aliphatic rings. The number of esters is 1. The maximum Gasteiger partial charge on any atom is 0.305 e. The van der Waals surface area contributed by atoms with Gasteiger partial charge in [-0.25, -0.2) is 0 Å². The molecule has 0 aromatic heterocycles. The average molecular weight is 278 g/mol. The summed E-state index contributed by atoms with van der Waals surface area (Å²) >= 11 is 0. The number of methoxy groups -OCH3 is 1. The highest BCUT2D eigenvalue weighted by molar-refractivity contribution is 5.69. The molecule has 112 valence electrons. The van der Waals surface area contributed by atoms with Gasteiger partial charge in [-0.05, 0) is 42.9 Å². The summed E-state index contributed by atoms with van der Waals surface area (Å²) in [6, 6.07) is 6.24. The van der Waals surface area contributed by atoms with Crippen molar-refractivity contribution in [2.45, 2.75) is 59.0 Å². The van der Waals surface area contributed by atoms with Gasteiger partial charge in [-0.3, -0.25) is 4.79 Å². The van der Waals surface area contributed by atoms with Gasteiger partial charge < -0.3 is 9.47 Å². The molecule has 0 aliphatic carbocycles. The first-order chi connectivity index (χ1) is 9.24. The van der Waals surface area contributed by atoms with E-state index in [1.165, 1.54) is 12.7 Å². The number of aryl methyl sites for hydroxylation is 1. The van der Waals surface area contributed by atoms with Gasteiger partial charge >= 0.3 is 5.97 Å². The summed E-state index contributed by atoms with van der Waals surface area (Å²) < 4.78 is 10.5. The minimum absolute atomic E-state index is 0.0797. The molecular weight excluding hydrogens is 252 g/mol. The summed E-state index contributed by atoms with van der Waals surface area (Å²) in [5, 5.41) is 0. The van der Waals surface area contributed by atoms with Gasteiger partial charge in [0.25, 0.3) is 0 Å². The van der Waals surface area contributed by atoms with Crippen LogP contribution in [0.4, 0.5) is 0 Å². The molecule has 20 heavy (non-hydrogen) atoms. The second-order valence-electron chi connectivity index (χ2n) is 6.32. The van der Waals surface area contributed by atoms with E-state index in [9.17, 15) is 4.79 Å². The molecule has 0 N–H and O–H groups in total. The van der Waals surface area contributed by atoms with Crippen molar-refractivity contribution in [2.24, 2.45) is 0 Å². The summed E-state index contributed by atoms with van der Waals surface area (Å²) in [5.41, 5.74) is 2.39. The quantitative estimate of drug-likeness (QED) is 0.767. The Morgan fingerprint density at radius 2 is 1.90 bits per heavy atom. The van der Waals surface area contributed by atoms with Crippen molar-refractivity contribution in [3.05, 3.63) is 29.3 Å². The lowest BCUT2D eigenvalue weighted by Crippen LogP contribution is -2.14. The average Bonchev–Trinajstić information content (AvgIpc) is 2.35. The fourth-order valence-corrected chi connectivity index (χ4v) is 1.95. The SMILES string of the molecule is COC(=O)CCc1cc(C(C)(C)C)ccc1OC(C)C.